The van der Waals surface area contributed by atoms with Crippen LogP contribution in [-0.2, 0) is 0 Å². The van der Waals surface area contributed by atoms with Crippen LogP contribution in [0.25, 0.3) is 38.9 Å². The number of hydrogen-bond donors (Lipinski definition) is 0. The third kappa shape index (κ3) is 2.47. The van der Waals surface area contributed by atoms with Crippen molar-refractivity contribution in [2.45, 2.75) is 0 Å². The van der Waals surface area contributed by atoms with Crippen molar-refractivity contribution in [2.75, 3.05) is 0 Å². The van der Waals surface area contributed by atoms with Crippen molar-refractivity contribution in [1.29, 1.82) is 0 Å². The molecule has 0 saturated carbocycles. The molecule has 0 radical (unpaired) electrons. The van der Waals surface area contributed by atoms with E-state index >= 15 is 0 Å². The van der Waals surface area contributed by atoms with Gasteiger partial charge in [-0.2, -0.15) is 0 Å². The highest BCUT2D eigenvalue weighted by Crippen LogP contribution is 2.31. The fourth-order valence-corrected chi connectivity index (χ4v) is 3.52. The second-order valence-electron chi connectivity index (χ2n) is 6.30. The fourth-order valence-electron chi connectivity index (χ4n) is 3.39. The lowest BCUT2D eigenvalue weighted by Crippen LogP contribution is -1.97. The Morgan fingerprint density at radius 3 is 2.08 bits per heavy atom. The molecule has 0 saturated heterocycles. The number of para-hydroxylation sites is 1. The molecule has 26 heavy (non-hydrogen) atoms. The zero-order valence-corrected chi connectivity index (χ0v) is 14.7. The Hall–Kier alpha value is -3.10. The van der Waals surface area contributed by atoms with E-state index in [0.29, 0.717) is 0 Å². The van der Waals surface area contributed by atoms with E-state index in [-0.39, 0.29) is 0 Å². The molecule has 2 nitrogen and oxygen atoms in total. The molecular weight excluding hydrogens is 340 g/mol. The van der Waals surface area contributed by atoms with Crippen molar-refractivity contribution < 1.29 is 0 Å². The van der Waals surface area contributed by atoms with Crippen LogP contribution in [-0.4, -0.2) is 9.55 Å². The molecule has 0 aliphatic rings. The Bertz CT molecular complexity index is 1220. The van der Waals surface area contributed by atoms with E-state index in [0.717, 1.165) is 33.1 Å². The average Bonchev–Trinajstić information content (AvgIpc) is 3.05. The van der Waals surface area contributed by atoms with Crippen LogP contribution >= 0.6 is 11.6 Å². The molecule has 1 aromatic heterocycles. The minimum absolute atomic E-state index is 0.724. The number of nitrogens with zero attached hydrogens (tertiary/aromatic N) is 2. The van der Waals surface area contributed by atoms with Crippen LogP contribution in [0.3, 0.4) is 0 Å². The monoisotopic (exact) mass is 354 g/mol. The molecule has 4 aromatic carbocycles. The predicted octanol–water partition coefficient (Wildman–Crippen LogP) is 6.50. The van der Waals surface area contributed by atoms with Crippen LogP contribution in [0.4, 0.5) is 0 Å². The van der Waals surface area contributed by atoms with E-state index in [1.54, 1.807) is 0 Å². The van der Waals surface area contributed by atoms with Crippen molar-refractivity contribution in [3.05, 3.63) is 96.0 Å². The zero-order valence-electron chi connectivity index (χ0n) is 13.9. The number of benzene rings is 4. The van der Waals surface area contributed by atoms with Gasteiger partial charge in [0.25, 0.3) is 0 Å². The summed E-state index contributed by atoms with van der Waals surface area (Å²) in [5.74, 6) is 0.915. The summed E-state index contributed by atoms with van der Waals surface area (Å²) >= 11 is 6.08. The number of fused-ring (bicyclic) bond motifs is 2. The molecule has 0 bridgehead atoms. The van der Waals surface area contributed by atoms with Gasteiger partial charge >= 0.3 is 0 Å². The van der Waals surface area contributed by atoms with Crippen LogP contribution < -0.4 is 0 Å². The topological polar surface area (TPSA) is 17.8 Å². The van der Waals surface area contributed by atoms with Crippen LogP contribution in [0, 0.1) is 0 Å². The Labute approximate surface area is 156 Å². The fraction of sp³-hybridized carbons (Fsp3) is 0. The van der Waals surface area contributed by atoms with Gasteiger partial charge in [0.2, 0.25) is 0 Å². The molecule has 3 heteroatoms. The number of hydrogen-bond acceptors (Lipinski definition) is 1. The van der Waals surface area contributed by atoms with Crippen molar-refractivity contribution >= 4 is 33.4 Å². The zero-order chi connectivity index (χ0) is 17.5. The summed E-state index contributed by atoms with van der Waals surface area (Å²) in [6.07, 6.45) is 0. The molecular formula is C23H15ClN2. The smallest absolute Gasteiger partial charge is 0.145 e. The minimum atomic E-state index is 0.724. The van der Waals surface area contributed by atoms with E-state index in [1.165, 1.54) is 10.8 Å². The van der Waals surface area contributed by atoms with Gasteiger partial charge in [-0.25, -0.2) is 4.98 Å². The molecule has 124 valence electrons. The number of halogens is 1. The van der Waals surface area contributed by atoms with Gasteiger partial charge in [0.15, 0.2) is 0 Å². The van der Waals surface area contributed by atoms with E-state index in [2.05, 4.69) is 53.1 Å². The highest BCUT2D eigenvalue weighted by Gasteiger charge is 2.15. The highest BCUT2D eigenvalue weighted by molar-refractivity contribution is 6.30. The molecule has 0 spiro atoms. The molecule has 0 aliphatic carbocycles. The SMILES string of the molecule is Clc1ccc(-c2nc3cc4ccccc4cc3n2-c2ccccc2)cc1. The molecule has 0 fully saturated rings. The molecule has 1 heterocycles. The Balaban J connectivity index is 1.88. The van der Waals surface area contributed by atoms with Gasteiger partial charge in [-0.15, -0.1) is 0 Å². The van der Waals surface area contributed by atoms with Gasteiger partial charge in [-0.1, -0.05) is 54.1 Å². The first kappa shape index (κ1) is 15.2. The van der Waals surface area contributed by atoms with Gasteiger partial charge in [-0.3, -0.25) is 4.57 Å². The molecule has 0 unspecified atom stereocenters. The first-order valence-corrected chi connectivity index (χ1v) is 8.90. The maximum atomic E-state index is 6.08. The van der Waals surface area contributed by atoms with Crippen molar-refractivity contribution in [2.24, 2.45) is 0 Å². The quantitative estimate of drug-likeness (QED) is 0.354. The molecule has 5 rings (SSSR count). The predicted molar refractivity (Wildman–Crippen MR) is 109 cm³/mol. The number of aromatic nitrogens is 2. The second kappa shape index (κ2) is 6.01. The molecule has 0 aliphatic heterocycles. The van der Waals surface area contributed by atoms with Crippen LogP contribution in [0.1, 0.15) is 0 Å². The third-order valence-electron chi connectivity index (χ3n) is 4.64. The molecule has 0 amide bonds. The Kier molecular flexibility index (Phi) is 3.51. The summed E-state index contributed by atoms with van der Waals surface area (Å²) in [6, 6.07) is 30.9. The second-order valence-corrected chi connectivity index (χ2v) is 6.74. The lowest BCUT2D eigenvalue weighted by molar-refractivity contribution is 1.10. The van der Waals surface area contributed by atoms with Gasteiger partial charge in [-0.05, 0) is 59.3 Å². The summed E-state index contributed by atoms with van der Waals surface area (Å²) in [7, 11) is 0. The van der Waals surface area contributed by atoms with Gasteiger partial charge in [0.05, 0.1) is 11.0 Å². The summed E-state index contributed by atoms with van der Waals surface area (Å²) in [5.41, 5.74) is 4.21. The van der Waals surface area contributed by atoms with Crippen LogP contribution in [0.15, 0.2) is 91.0 Å². The van der Waals surface area contributed by atoms with E-state index < -0.39 is 0 Å². The minimum Gasteiger partial charge on any atom is -0.292 e. The molecule has 0 N–H and O–H groups in total. The normalized spacial score (nSPS) is 11.3. The van der Waals surface area contributed by atoms with Gasteiger partial charge in [0.1, 0.15) is 5.82 Å². The highest BCUT2D eigenvalue weighted by atomic mass is 35.5. The maximum absolute atomic E-state index is 6.08. The Morgan fingerprint density at radius 2 is 1.35 bits per heavy atom. The lowest BCUT2D eigenvalue weighted by Gasteiger charge is -2.10. The van der Waals surface area contributed by atoms with Crippen molar-refractivity contribution in [3.8, 4) is 17.1 Å². The van der Waals surface area contributed by atoms with Gasteiger partial charge < -0.3 is 0 Å². The summed E-state index contributed by atoms with van der Waals surface area (Å²) in [4.78, 5) is 4.96. The van der Waals surface area contributed by atoms with Crippen LogP contribution in [0.5, 0.6) is 0 Å². The van der Waals surface area contributed by atoms with E-state index in [4.69, 9.17) is 16.6 Å². The standard InChI is InChI=1S/C23H15ClN2/c24-19-12-10-16(11-13-19)23-25-21-14-17-6-4-5-7-18(17)15-22(21)26(23)20-8-2-1-3-9-20/h1-15H. The molecule has 5 aromatic rings. The third-order valence-corrected chi connectivity index (χ3v) is 4.89. The average molecular weight is 355 g/mol. The van der Waals surface area contributed by atoms with E-state index in [9.17, 15) is 0 Å². The first-order chi connectivity index (χ1) is 12.8. The number of rotatable bonds is 2. The summed E-state index contributed by atoms with van der Waals surface area (Å²) in [5, 5.41) is 3.13. The van der Waals surface area contributed by atoms with Crippen LogP contribution in [0.2, 0.25) is 5.02 Å². The summed E-state index contributed by atoms with van der Waals surface area (Å²) in [6.45, 7) is 0. The van der Waals surface area contributed by atoms with Crippen molar-refractivity contribution in [3.63, 3.8) is 0 Å². The maximum Gasteiger partial charge on any atom is 0.145 e. The first-order valence-electron chi connectivity index (χ1n) is 8.52. The summed E-state index contributed by atoms with van der Waals surface area (Å²) < 4.78 is 2.21. The van der Waals surface area contributed by atoms with Crippen molar-refractivity contribution in [1.82, 2.24) is 9.55 Å². The largest absolute Gasteiger partial charge is 0.292 e. The number of imidazole rings is 1. The lowest BCUT2D eigenvalue weighted by atomic mass is 10.1. The Morgan fingerprint density at radius 1 is 0.692 bits per heavy atom. The van der Waals surface area contributed by atoms with Gasteiger partial charge in [0, 0.05) is 16.3 Å². The molecule has 0 atom stereocenters. The van der Waals surface area contributed by atoms with E-state index in [1.807, 2.05) is 42.5 Å².